The van der Waals surface area contributed by atoms with E-state index in [-0.39, 0.29) is 11.5 Å². The molecule has 0 saturated carbocycles. The Hall–Kier alpha value is -2.44. The van der Waals surface area contributed by atoms with Gasteiger partial charge in [-0.15, -0.1) is 0 Å². The zero-order valence-electron chi connectivity index (χ0n) is 17.3. The first-order valence-electron chi connectivity index (χ1n) is 9.65. The summed E-state index contributed by atoms with van der Waals surface area (Å²) in [4.78, 5) is 15.5. The molecule has 0 radical (unpaired) electrons. The van der Waals surface area contributed by atoms with Crippen LogP contribution < -0.4 is 4.90 Å². The molecule has 2 aromatic carbocycles. The summed E-state index contributed by atoms with van der Waals surface area (Å²) in [7, 11) is 2.14. The molecule has 4 rings (SSSR count). The quantitative estimate of drug-likeness (QED) is 0.375. The topological polar surface area (TPSA) is 34.5 Å². The van der Waals surface area contributed by atoms with Crippen molar-refractivity contribution in [3.05, 3.63) is 63.1 Å². The van der Waals surface area contributed by atoms with Crippen LogP contribution in [0.15, 0.2) is 42.5 Å². The van der Waals surface area contributed by atoms with Crippen LogP contribution in [0.25, 0.3) is 16.8 Å². The molecule has 0 atom stereocenters. The van der Waals surface area contributed by atoms with Gasteiger partial charge >= 0.3 is 5.97 Å². The molecule has 0 N–H and O–H groups in total. The molecule has 0 fully saturated rings. The number of anilines is 1. The maximum atomic E-state index is 12.0. The van der Waals surface area contributed by atoms with Crippen LogP contribution in [-0.4, -0.2) is 23.6 Å². The van der Waals surface area contributed by atoms with E-state index in [1.165, 1.54) is 21.7 Å². The summed E-state index contributed by atoms with van der Waals surface area (Å²) in [5, 5.41) is 0. The molecule has 150 valence electrons. The minimum absolute atomic E-state index is 0.175. The van der Waals surface area contributed by atoms with Gasteiger partial charge in [0.25, 0.3) is 0 Å². The highest BCUT2D eigenvalue weighted by Gasteiger charge is 2.38. The predicted octanol–water partition coefficient (Wildman–Crippen LogP) is 6.11. The van der Waals surface area contributed by atoms with Crippen LogP contribution in [0.3, 0.4) is 0 Å². The smallest absolute Gasteiger partial charge is 0.338 e. The van der Waals surface area contributed by atoms with Gasteiger partial charge in [-0.05, 0) is 64.1 Å². The summed E-state index contributed by atoms with van der Waals surface area (Å²) in [6, 6.07) is 14.0. The predicted molar refractivity (Wildman–Crippen MR) is 122 cm³/mol. The maximum absolute atomic E-state index is 12.0. The van der Waals surface area contributed by atoms with Crippen LogP contribution >= 0.6 is 23.8 Å². The Kier molecular flexibility index (Phi) is 4.87. The Morgan fingerprint density at radius 3 is 2.52 bits per heavy atom. The number of benzene rings is 2. The molecule has 3 aromatic rings. The molecule has 0 unspecified atom stereocenters. The number of hydrogen-bond donors (Lipinski definition) is 0. The second-order valence-electron chi connectivity index (χ2n) is 7.80. The SMILES string of the molecule is CCOC(=O)c1ccc(-n2sc3c(c2=S)-c2cc(C)ccc2N(C)C3(C)C)cc1. The third-order valence-corrected chi connectivity index (χ3v) is 7.56. The van der Waals surface area contributed by atoms with E-state index in [0.717, 1.165) is 15.9 Å². The van der Waals surface area contributed by atoms with E-state index in [9.17, 15) is 4.79 Å². The molecule has 4 nitrogen and oxygen atoms in total. The van der Waals surface area contributed by atoms with Crippen molar-refractivity contribution in [2.24, 2.45) is 0 Å². The third kappa shape index (κ3) is 3.11. The van der Waals surface area contributed by atoms with Gasteiger partial charge in [-0.1, -0.05) is 35.4 Å². The highest BCUT2D eigenvalue weighted by Crippen LogP contribution is 2.50. The van der Waals surface area contributed by atoms with Gasteiger partial charge in [-0.2, -0.15) is 0 Å². The van der Waals surface area contributed by atoms with Crippen LogP contribution in [-0.2, 0) is 10.3 Å². The summed E-state index contributed by atoms with van der Waals surface area (Å²) in [6.45, 7) is 8.74. The third-order valence-electron chi connectivity index (χ3n) is 5.60. The van der Waals surface area contributed by atoms with Crippen LogP contribution in [0.4, 0.5) is 5.69 Å². The molecule has 0 bridgehead atoms. The van der Waals surface area contributed by atoms with Crippen molar-refractivity contribution in [1.29, 1.82) is 0 Å². The first-order chi connectivity index (χ1) is 13.8. The number of aromatic nitrogens is 1. The largest absolute Gasteiger partial charge is 0.462 e. The van der Waals surface area contributed by atoms with Crippen molar-refractivity contribution in [1.82, 2.24) is 3.96 Å². The number of esters is 1. The van der Waals surface area contributed by atoms with Crippen molar-refractivity contribution in [3.8, 4) is 16.8 Å². The number of fused-ring (bicyclic) bond motifs is 3. The first-order valence-corrected chi connectivity index (χ1v) is 10.8. The minimum Gasteiger partial charge on any atom is -0.462 e. The van der Waals surface area contributed by atoms with E-state index in [4.69, 9.17) is 17.0 Å². The number of carbonyl (C=O) groups is 1. The summed E-state index contributed by atoms with van der Waals surface area (Å²) < 4.78 is 7.98. The number of rotatable bonds is 3. The molecule has 0 saturated heterocycles. The van der Waals surface area contributed by atoms with Crippen LogP contribution in [0.5, 0.6) is 0 Å². The summed E-state index contributed by atoms with van der Waals surface area (Å²) in [5.41, 5.74) is 6.06. The monoisotopic (exact) mass is 424 g/mol. The van der Waals surface area contributed by atoms with Gasteiger partial charge in [0.05, 0.1) is 28.3 Å². The second kappa shape index (κ2) is 7.11. The molecule has 0 aliphatic carbocycles. The molecule has 0 amide bonds. The zero-order valence-corrected chi connectivity index (χ0v) is 18.9. The van der Waals surface area contributed by atoms with Crippen molar-refractivity contribution < 1.29 is 9.53 Å². The molecule has 6 heteroatoms. The number of hydrogen-bond acceptors (Lipinski definition) is 5. The lowest BCUT2D eigenvalue weighted by atomic mass is 9.87. The summed E-state index contributed by atoms with van der Waals surface area (Å²) in [5.74, 6) is -0.305. The second-order valence-corrected chi connectivity index (χ2v) is 9.14. The normalized spacial score (nSPS) is 14.3. The maximum Gasteiger partial charge on any atom is 0.338 e. The van der Waals surface area contributed by atoms with E-state index >= 15 is 0 Å². The van der Waals surface area contributed by atoms with Crippen LogP contribution in [0.2, 0.25) is 0 Å². The average Bonchev–Trinajstić information content (AvgIpc) is 3.05. The van der Waals surface area contributed by atoms with Crippen molar-refractivity contribution in [2.45, 2.75) is 33.2 Å². The molecule has 29 heavy (non-hydrogen) atoms. The summed E-state index contributed by atoms with van der Waals surface area (Å²) in [6.07, 6.45) is 0. The Bertz CT molecular complexity index is 1160. The summed E-state index contributed by atoms with van der Waals surface area (Å²) >= 11 is 7.62. The number of nitrogens with zero attached hydrogens (tertiary/aromatic N) is 2. The number of carbonyl (C=O) groups excluding carboxylic acids is 1. The lowest BCUT2D eigenvalue weighted by Crippen LogP contribution is -2.40. The van der Waals surface area contributed by atoms with Crippen LogP contribution in [0.1, 0.15) is 41.6 Å². The molecular weight excluding hydrogens is 400 g/mol. The van der Waals surface area contributed by atoms with Gasteiger partial charge in [0, 0.05) is 23.9 Å². The molecule has 2 heterocycles. The van der Waals surface area contributed by atoms with E-state index in [0.29, 0.717) is 12.2 Å². The van der Waals surface area contributed by atoms with E-state index in [1.54, 1.807) is 30.6 Å². The van der Waals surface area contributed by atoms with E-state index in [1.807, 2.05) is 12.1 Å². The molecular formula is C23H24N2O2S2. The van der Waals surface area contributed by atoms with Crippen molar-refractivity contribution in [3.63, 3.8) is 0 Å². The standard InChI is InChI=1S/C23H24N2O2S2/c1-6-27-22(26)15-8-10-16(11-9-15)25-21(28)19-17-13-14(2)7-12-18(17)24(5)23(3,4)20(19)29-25/h7-13H,6H2,1-5H3. The first kappa shape index (κ1) is 19.9. The Morgan fingerprint density at radius 2 is 1.86 bits per heavy atom. The van der Waals surface area contributed by atoms with Gasteiger partial charge in [-0.25, -0.2) is 4.79 Å². The van der Waals surface area contributed by atoms with Gasteiger partial charge in [-0.3, -0.25) is 3.96 Å². The van der Waals surface area contributed by atoms with Gasteiger partial charge in [0.1, 0.15) is 4.64 Å². The Labute approximate surface area is 180 Å². The fraction of sp³-hybridized carbons (Fsp3) is 0.304. The molecule has 1 aliphatic rings. The van der Waals surface area contributed by atoms with Gasteiger partial charge < -0.3 is 9.64 Å². The highest BCUT2D eigenvalue weighted by molar-refractivity contribution is 7.71. The minimum atomic E-state index is -0.305. The average molecular weight is 425 g/mol. The lowest BCUT2D eigenvalue weighted by Gasteiger charge is -2.42. The van der Waals surface area contributed by atoms with Crippen molar-refractivity contribution in [2.75, 3.05) is 18.6 Å². The number of ether oxygens (including phenoxy) is 1. The van der Waals surface area contributed by atoms with Crippen molar-refractivity contribution >= 4 is 35.4 Å². The van der Waals surface area contributed by atoms with E-state index < -0.39 is 0 Å². The highest BCUT2D eigenvalue weighted by atomic mass is 32.1. The molecule has 0 spiro atoms. The van der Waals surface area contributed by atoms with E-state index in [2.05, 4.69) is 54.9 Å². The molecule has 1 aromatic heterocycles. The number of aryl methyl sites for hydroxylation is 1. The zero-order chi connectivity index (χ0) is 20.9. The lowest BCUT2D eigenvalue weighted by molar-refractivity contribution is 0.0526. The molecule has 1 aliphatic heterocycles. The van der Waals surface area contributed by atoms with Crippen LogP contribution in [0, 0.1) is 11.6 Å². The van der Waals surface area contributed by atoms with Gasteiger partial charge in [0.2, 0.25) is 0 Å². The van der Waals surface area contributed by atoms with Gasteiger partial charge in [0.15, 0.2) is 0 Å². The fourth-order valence-electron chi connectivity index (χ4n) is 3.75. The Balaban J connectivity index is 1.87. The fourth-order valence-corrected chi connectivity index (χ4v) is 5.48. The Morgan fingerprint density at radius 1 is 1.17 bits per heavy atom.